The Morgan fingerprint density at radius 3 is 2.30 bits per heavy atom. The van der Waals surface area contributed by atoms with Crippen molar-refractivity contribution in [2.75, 3.05) is 17.5 Å². The number of amides is 1. The smallest absolute Gasteiger partial charge is 0.264 e. The van der Waals surface area contributed by atoms with Gasteiger partial charge in [0.1, 0.15) is 12.3 Å². The molecule has 0 saturated heterocycles. The molecule has 0 heterocycles. The maximum atomic E-state index is 13.6. The van der Waals surface area contributed by atoms with Gasteiger partial charge in [-0.15, -0.1) is 0 Å². The van der Waals surface area contributed by atoms with Crippen molar-refractivity contribution in [2.24, 2.45) is 0 Å². The van der Waals surface area contributed by atoms with Crippen molar-refractivity contribution in [3.05, 3.63) is 89.5 Å². The van der Waals surface area contributed by atoms with Crippen molar-refractivity contribution in [3.63, 3.8) is 0 Å². The predicted octanol–water partition coefficient (Wildman–Crippen LogP) is 4.77. The van der Waals surface area contributed by atoms with Gasteiger partial charge in [-0.3, -0.25) is 9.10 Å². The van der Waals surface area contributed by atoms with Gasteiger partial charge >= 0.3 is 0 Å². The molecule has 0 spiro atoms. The van der Waals surface area contributed by atoms with Crippen LogP contribution in [0.1, 0.15) is 36.6 Å². The van der Waals surface area contributed by atoms with E-state index in [2.05, 4.69) is 5.32 Å². The second kappa shape index (κ2) is 10.5. The first-order valence-corrected chi connectivity index (χ1v) is 12.3. The Morgan fingerprint density at radius 2 is 1.64 bits per heavy atom. The molecule has 1 atom stereocenters. The lowest BCUT2D eigenvalue weighted by atomic mass is 10.0. The summed E-state index contributed by atoms with van der Waals surface area (Å²) < 4.78 is 33.9. The van der Waals surface area contributed by atoms with Crippen LogP contribution >= 0.6 is 0 Å². The van der Waals surface area contributed by atoms with Gasteiger partial charge in [-0.25, -0.2) is 8.42 Å². The number of nitrogens with one attached hydrogen (secondary N) is 1. The lowest BCUT2D eigenvalue weighted by molar-refractivity contribution is -0.120. The summed E-state index contributed by atoms with van der Waals surface area (Å²) in [6.45, 7) is 7.75. The van der Waals surface area contributed by atoms with Gasteiger partial charge in [0, 0.05) is 0 Å². The number of anilines is 1. The van der Waals surface area contributed by atoms with Crippen LogP contribution in [0.4, 0.5) is 5.69 Å². The van der Waals surface area contributed by atoms with Crippen LogP contribution in [0.2, 0.25) is 0 Å². The normalized spacial score (nSPS) is 12.1. The zero-order valence-electron chi connectivity index (χ0n) is 19.4. The van der Waals surface area contributed by atoms with Gasteiger partial charge in [-0.2, -0.15) is 0 Å². The minimum absolute atomic E-state index is 0.103. The quantitative estimate of drug-likeness (QED) is 0.493. The fourth-order valence-electron chi connectivity index (χ4n) is 3.49. The van der Waals surface area contributed by atoms with E-state index in [1.165, 1.54) is 17.7 Å². The Balaban J connectivity index is 1.93. The maximum Gasteiger partial charge on any atom is 0.264 e. The van der Waals surface area contributed by atoms with E-state index in [9.17, 15) is 13.2 Å². The van der Waals surface area contributed by atoms with Crippen molar-refractivity contribution in [2.45, 2.75) is 38.6 Å². The Bertz CT molecular complexity index is 1210. The van der Waals surface area contributed by atoms with E-state index < -0.39 is 15.9 Å². The number of aryl methyl sites for hydroxylation is 2. The molecule has 1 N–H and O–H groups in total. The molecule has 0 aliphatic heterocycles. The first-order valence-electron chi connectivity index (χ1n) is 10.9. The molecule has 3 aromatic carbocycles. The molecule has 0 fully saturated rings. The Morgan fingerprint density at radius 1 is 0.970 bits per heavy atom. The zero-order valence-corrected chi connectivity index (χ0v) is 20.2. The maximum absolute atomic E-state index is 13.6. The van der Waals surface area contributed by atoms with E-state index in [1.807, 2.05) is 45.9 Å². The number of carbonyl (C=O) groups is 1. The first kappa shape index (κ1) is 24.3. The molecule has 6 nitrogen and oxygen atoms in total. The molecule has 1 amide bonds. The lowest BCUT2D eigenvalue weighted by Crippen LogP contribution is -2.41. The molecule has 0 aromatic heterocycles. The third kappa shape index (κ3) is 5.73. The summed E-state index contributed by atoms with van der Waals surface area (Å²) in [4.78, 5) is 13.2. The highest BCUT2D eigenvalue weighted by atomic mass is 32.2. The predicted molar refractivity (Wildman–Crippen MR) is 131 cm³/mol. The minimum Gasteiger partial charge on any atom is -0.492 e. The molecule has 0 aliphatic rings. The Kier molecular flexibility index (Phi) is 7.76. The lowest BCUT2D eigenvalue weighted by Gasteiger charge is -2.26. The summed E-state index contributed by atoms with van der Waals surface area (Å²) in [6, 6.07) is 20.6. The molecule has 0 aliphatic carbocycles. The van der Waals surface area contributed by atoms with E-state index in [1.54, 1.807) is 42.5 Å². The fraction of sp³-hybridized carbons (Fsp3) is 0.269. The van der Waals surface area contributed by atoms with Crippen molar-refractivity contribution in [3.8, 4) is 5.75 Å². The minimum atomic E-state index is -4.01. The van der Waals surface area contributed by atoms with E-state index >= 15 is 0 Å². The van der Waals surface area contributed by atoms with Gasteiger partial charge in [0.05, 0.1) is 23.2 Å². The molecule has 1 unspecified atom stereocenters. The number of hydrogen-bond donors (Lipinski definition) is 1. The second-order valence-corrected chi connectivity index (χ2v) is 9.72. The molecule has 3 aromatic rings. The number of nitrogens with zero attached hydrogens (tertiary/aromatic N) is 1. The standard InChI is InChI=1S/C26H30N2O4S/c1-5-32-25-14-10-9-13-24(25)28(33(30,31)23-11-7-6-8-12-23)18-26(29)27-21(4)22-16-15-19(2)20(3)17-22/h6-17,21H,5,18H2,1-4H3,(H,27,29). The van der Waals surface area contributed by atoms with Crippen LogP contribution in [0.15, 0.2) is 77.7 Å². The van der Waals surface area contributed by atoms with E-state index in [4.69, 9.17) is 4.74 Å². The third-order valence-corrected chi connectivity index (χ3v) is 7.23. The number of carbonyl (C=O) groups excluding carboxylic acids is 1. The highest BCUT2D eigenvalue weighted by molar-refractivity contribution is 7.92. The van der Waals surface area contributed by atoms with Crippen LogP contribution in [0, 0.1) is 13.8 Å². The van der Waals surface area contributed by atoms with Gasteiger partial charge in [0.2, 0.25) is 5.91 Å². The summed E-state index contributed by atoms with van der Waals surface area (Å²) in [5.74, 6) is -0.0129. The molecular formula is C26H30N2O4S. The van der Waals surface area contributed by atoms with Crippen molar-refractivity contribution in [1.29, 1.82) is 0 Å². The number of rotatable bonds is 9. The van der Waals surface area contributed by atoms with Crippen molar-refractivity contribution in [1.82, 2.24) is 5.32 Å². The second-order valence-electron chi connectivity index (χ2n) is 7.86. The van der Waals surface area contributed by atoms with Gasteiger partial charge in [-0.05, 0) is 68.7 Å². The monoisotopic (exact) mass is 466 g/mol. The van der Waals surface area contributed by atoms with Gasteiger partial charge < -0.3 is 10.1 Å². The number of benzene rings is 3. The molecular weight excluding hydrogens is 436 g/mol. The molecule has 33 heavy (non-hydrogen) atoms. The van der Waals surface area contributed by atoms with Gasteiger partial charge in [0.15, 0.2) is 0 Å². The third-order valence-electron chi connectivity index (χ3n) is 5.46. The SMILES string of the molecule is CCOc1ccccc1N(CC(=O)NC(C)c1ccc(C)c(C)c1)S(=O)(=O)c1ccccc1. The summed E-state index contributed by atoms with van der Waals surface area (Å²) in [6.07, 6.45) is 0. The van der Waals surface area contributed by atoms with Gasteiger partial charge in [0.25, 0.3) is 10.0 Å². The molecule has 0 bridgehead atoms. The topological polar surface area (TPSA) is 75.7 Å². The number of sulfonamides is 1. The number of ether oxygens (including phenoxy) is 1. The van der Waals surface area contributed by atoms with Crippen LogP contribution in [0.5, 0.6) is 5.75 Å². The van der Waals surface area contributed by atoms with Crippen molar-refractivity contribution >= 4 is 21.6 Å². The average Bonchev–Trinajstić information content (AvgIpc) is 2.80. The Hall–Kier alpha value is -3.32. The fourth-order valence-corrected chi connectivity index (χ4v) is 4.95. The van der Waals surface area contributed by atoms with E-state index in [0.717, 1.165) is 15.4 Å². The summed E-state index contributed by atoms with van der Waals surface area (Å²) >= 11 is 0. The van der Waals surface area contributed by atoms with Crippen LogP contribution in [-0.2, 0) is 14.8 Å². The summed E-state index contributed by atoms with van der Waals surface area (Å²) in [5.41, 5.74) is 3.58. The molecule has 174 valence electrons. The van der Waals surface area contributed by atoms with Gasteiger partial charge in [-0.1, -0.05) is 48.5 Å². The Labute approximate surface area is 196 Å². The first-order chi connectivity index (χ1) is 15.7. The van der Waals surface area contributed by atoms with Crippen LogP contribution < -0.4 is 14.4 Å². The van der Waals surface area contributed by atoms with Crippen LogP contribution in [-0.4, -0.2) is 27.5 Å². The largest absolute Gasteiger partial charge is 0.492 e. The van der Waals surface area contributed by atoms with Crippen LogP contribution in [0.3, 0.4) is 0 Å². The van der Waals surface area contributed by atoms with E-state index in [-0.39, 0.29) is 17.5 Å². The van der Waals surface area contributed by atoms with Crippen LogP contribution in [0.25, 0.3) is 0 Å². The zero-order chi connectivity index (χ0) is 24.0. The highest BCUT2D eigenvalue weighted by Gasteiger charge is 2.29. The molecule has 0 saturated carbocycles. The molecule has 3 rings (SSSR count). The summed E-state index contributed by atoms with van der Waals surface area (Å²) in [7, 11) is -4.01. The molecule has 0 radical (unpaired) electrons. The molecule has 7 heteroatoms. The number of hydrogen-bond acceptors (Lipinski definition) is 4. The number of para-hydroxylation sites is 2. The van der Waals surface area contributed by atoms with E-state index in [0.29, 0.717) is 18.0 Å². The summed E-state index contributed by atoms with van der Waals surface area (Å²) in [5, 5.41) is 2.93. The average molecular weight is 467 g/mol. The van der Waals surface area contributed by atoms with Crippen molar-refractivity contribution < 1.29 is 17.9 Å². The highest BCUT2D eigenvalue weighted by Crippen LogP contribution is 2.32.